The summed E-state index contributed by atoms with van der Waals surface area (Å²) in [7, 11) is 0. The first kappa shape index (κ1) is 9.15. The van der Waals surface area contributed by atoms with E-state index in [0.29, 0.717) is 5.82 Å². The summed E-state index contributed by atoms with van der Waals surface area (Å²) in [5.41, 5.74) is 7.43. The van der Waals surface area contributed by atoms with Crippen LogP contribution in [0.1, 0.15) is 25.2 Å². The number of pyridine rings is 1. The third-order valence-corrected chi connectivity index (χ3v) is 2.13. The molecule has 2 heterocycles. The number of rotatable bonds is 1. The first-order valence-corrected chi connectivity index (χ1v) is 4.60. The van der Waals surface area contributed by atoms with Crippen LogP contribution in [0.2, 0.25) is 0 Å². The molecule has 4 heteroatoms. The number of nitrogens with zero attached hydrogens (tertiary/aromatic N) is 3. The molecule has 0 bridgehead atoms. The minimum atomic E-state index is -0.488. The molecular formula is C10H14N4. The van der Waals surface area contributed by atoms with Crippen LogP contribution in [0.15, 0.2) is 18.3 Å². The summed E-state index contributed by atoms with van der Waals surface area (Å²) < 4.78 is 1.76. The Morgan fingerprint density at radius 2 is 2.14 bits per heavy atom. The van der Waals surface area contributed by atoms with Gasteiger partial charge in [-0.05, 0) is 32.4 Å². The Labute approximate surface area is 82.8 Å². The van der Waals surface area contributed by atoms with Gasteiger partial charge in [0.25, 0.3) is 0 Å². The molecule has 0 aliphatic carbocycles. The van der Waals surface area contributed by atoms with E-state index in [1.165, 1.54) is 0 Å². The lowest BCUT2D eigenvalue weighted by molar-refractivity contribution is 0.514. The van der Waals surface area contributed by atoms with Gasteiger partial charge in [-0.1, -0.05) is 6.07 Å². The molecule has 0 saturated heterocycles. The van der Waals surface area contributed by atoms with Gasteiger partial charge in [0.15, 0.2) is 11.5 Å². The fourth-order valence-electron chi connectivity index (χ4n) is 1.31. The van der Waals surface area contributed by atoms with Crippen LogP contribution in [-0.4, -0.2) is 14.6 Å². The Bertz CT molecular complexity index is 464. The molecule has 74 valence electrons. The third kappa shape index (κ3) is 1.37. The van der Waals surface area contributed by atoms with E-state index >= 15 is 0 Å². The van der Waals surface area contributed by atoms with E-state index in [2.05, 4.69) is 10.1 Å². The van der Waals surface area contributed by atoms with Crippen molar-refractivity contribution < 1.29 is 0 Å². The lowest BCUT2D eigenvalue weighted by Crippen LogP contribution is -2.30. The van der Waals surface area contributed by atoms with Gasteiger partial charge in [0.2, 0.25) is 0 Å². The van der Waals surface area contributed by atoms with Crippen LogP contribution in [0, 0.1) is 6.92 Å². The molecule has 0 atom stereocenters. The molecule has 0 spiro atoms. The first-order valence-electron chi connectivity index (χ1n) is 4.60. The van der Waals surface area contributed by atoms with Crippen LogP contribution >= 0.6 is 0 Å². The summed E-state index contributed by atoms with van der Waals surface area (Å²) in [6.45, 7) is 5.81. The Kier molecular flexibility index (Phi) is 1.82. The van der Waals surface area contributed by atoms with Crippen molar-refractivity contribution in [2.75, 3.05) is 0 Å². The molecule has 0 saturated carbocycles. The summed E-state index contributed by atoms with van der Waals surface area (Å²) >= 11 is 0. The predicted molar refractivity (Wildman–Crippen MR) is 54.9 cm³/mol. The van der Waals surface area contributed by atoms with Gasteiger partial charge in [-0.15, -0.1) is 5.10 Å². The molecule has 2 rings (SSSR count). The number of nitrogens with two attached hydrogens (primary N) is 1. The van der Waals surface area contributed by atoms with Crippen LogP contribution in [0.25, 0.3) is 5.65 Å². The van der Waals surface area contributed by atoms with Crippen LogP contribution < -0.4 is 5.73 Å². The van der Waals surface area contributed by atoms with Crippen molar-refractivity contribution in [1.29, 1.82) is 0 Å². The van der Waals surface area contributed by atoms with Gasteiger partial charge in [-0.2, -0.15) is 0 Å². The molecule has 2 aromatic heterocycles. The van der Waals surface area contributed by atoms with Crippen molar-refractivity contribution in [2.45, 2.75) is 26.3 Å². The number of fused-ring (bicyclic) bond motifs is 1. The van der Waals surface area contributed by atoms with Crippen LogP contribution in [0.5, 0.6) is 0 Å². The molecule has 0 aliphatic rings. The third-order valence-electron chi connectivity index (χ3n) is 2.13. The highest BCUT2D eigenvalue weighted by molar-refractivity contribution is 5.46. The van der Waals surface area contributed by atoms with Crippen molar-refractivity contribution in [3.05, 3.63) is 29.7 Å². The van der Waals surface area contributed by atoms with Gasteiger partial charge >= 0.3 is 0 Å². The van der Waals surface area contributed by atoms with Gasteiger partial charge in [-0.25, -0.2) is 9.50 Å². The van der Waals surface area contributed by atoms with Gasteiger partial charge in [0.05, 0.1) is 5.54 Å². The largest absolute Gasteiger partial charge is 0.319 e. The molecule has 14 heavy (non-hydrogen) atoms. The number of aryl methyl sites for hydroxylation is 1. The fourth-order valence-corrected chi connectivity index (χ4v) is 1.31. The normalized spacial score (nSPS) is 12.3. The lowest BCUT2D eigenvalue weighted by Gasteiger charge is -2.12. The molecule has 2 aromatic rings. The van der Waals surface area contributed by atoms with Gasteiger partial charge in [0.1, 0.15) is 0 Å². The molecular weight excluding hydrogens is 176 g/mol. The van der Waals surface area contributed by atoms with Crippen molar-refractivity contribution in [3.8, 4) is 0 Å². The summed E-state index contributed by atoms with van der Waals surface area (Å²) in [5, 5.41) is 4.33. The maximum absolute atomic E-state index is 5.93. The topological polar surface area (TPSA) is 56.2 Å². The Morgan fingerprint density at radius 3 is 2.71 bits per heavy atom. The number of hydrogen-bond acceptors (Lipinski definition) is 3. The highest BCUT2D eigenvalue weighted by Crippen LogP contribution is 2.15. The van der Waals surface area contributed by atoms with E-state index in [0.717, 1.165) is 11.2 Å². The zero-order valence-electron chi connectivity index (χ0n) is 8.65. The van der Waals surface area contributed by atoms with E-state index in [1.54, 1.807) is 4.52 Å². The first-order chi connectivity index (χ1) is 6.48. The second-order valence-electron chi connectivity index (χ2n) is 4.12. The number of hydrogen-bond donors (Lipinski definition) is 1. The predicted octanol–water partition coefficient (Wildman–Crippen LogP) is 1.23. The SMILES string of the molecule is Cc1cccn2nc(C(C)(C)N)nc12. The minimum Gasteiger partial charge on any atom is -0.319 e. The monoisotopic (exact) mass is 190 g/mol. The second-order valence-corrected chi connectivity index (χ2v) is 4.12. The second kappa shape index (κ2) is 2.78. The van der Waals surface area contributed by atoms with Crippen molar-refractivity contribution >= 4 is 5.65 Å². The summed E-state index contributed by atoms with van der Waals surface area (Å²) in [6, 6.07) is 3.96. The molecule has 2 N–H and O–H groups in total. The van der Waals surface area contributed by atoms with Crippen molar-refractivity contribution in [2.24, 2.45) is 5.73 Å². The Hall–Kier alpha value is -1.42. The fraction of sp³-hybridized carbons (Fsp3) is 0.400. The van der Waals surface area contributed by atoms with Crippen LogP contribution in [-0.2, 0) is 5.54 Å². The molecule has 0 fully saturated rings. The van der Waals surface area contributed by atoms with Crippen molar-refractivity contribution in [1.82, 2.24) is 14.6 Å². The highest BCUT2D eigenvalue weighted by atomic mass is 15.3. The average molecular weight is 190 g/mol. The zero-order valence-corrected chi connectivity index (χ0v) is 8.65. The number of aromatic nitrogens is 3. The standard InChI is InChI=1S/C10H14N4/c1-7-5-4-6-14-8(7)12-9(13-14)10(2,3)11/h4-6H,11H2,1-3H3. The van der Waals surface area contributed by atoms with E-state index in [-0.39, 0.29) is 0 Å². The average Bonchev–Trinajstić information content (AvgIpc) is 2.48. The maximum Gasteiger partial charge on any atom is 0.170 e. The lowest BCUT2D eigenvalue weighted by atomic mass is 10.1. The molecule has 0 amide bonds. The molecule has 0 unspecified atom stereocenters. The summed E-state index contributed by atoms with van der Waals surface area (Å²) in [4.78, 5) is 4.41. The van der Waals surface area contributed by atoms with E-state index in [9.17, 15) is 0 Å². The molecule has 0 radical (unpaired) electrons. The molecule has 0 aromatic carbocycles. The Balaban J connectivity index is 2.69. The minimum absolute atomic E-state index is 0.488. The summed E-state index contributed by atoms with van der Waals surface area (Å²) in [5.74, 6) is 0.673. The van der Waals surface area contributed by atoms with Gasteiger partial charge in [-0.3, -0.25) is 0 Å². The molecule has 4 nitrogen and oxygen atoms in total. The smallest absolute Gasteiger partial charge is 0.170 e. The quantitative estimate of drug-likeness (QED) is 0.735. The van der Waals surface area contributed by atoms with Gasteiger partial charge in [0, 0.05) is 6.20 Å². The maximum atomic E-state index is 5.93. The van der Waals surface area contributed by atoms with E-state index in [1.807, 2.05) is 39.1 Å². The van der Waals surface area contributed by atoms with Crippen LogP contribution in [0.3, 0.4) is 0 Å². The summed E-state index contributed by atoms with van der Waals surface area (Å²) in [6.07, 6.45) is 1.88. The molecule has 0 aliphatic heterocycles. The zero-order chi connectivity index (χ0) is 10.3. The van der Waals surface area contributed by atoms with E-state index in [4.69, 9.17) is 5.73 Å². The van der Waals surface area contributed by atoms with Gasteiger partial charge < -0.3 is 5.73 Å². The van der Waals surface area contributed by atoms with E-state index < -0.39 is 5.54 Å². The Morgan fingerprint density at radius 1 is 1.43 bits per heavy atom. The highest BCUT2D eigenvalue weighted by Gasteiger charge is 2.20. The van der Waals surface area contributed by atoms with Crippen molar-refractivity contribution in [3.63, 3.8) is 0 Å². The van der Waals surface area contributed by atoms with Crippen LogP contribution in [0.4, 0.5) is 0 Å².